The van der Waals surface area contributed by atoms with E-state index in [1.807, 2.05) is 0 Å². The molecular formula is C15H22N6O4. The van der Waals surface area contributed by atoms with Crippen LogP contribution in [0.4, 0.5) is 0 Å². The molecule has 0 radical (unpaired) electrons. The van der Waals surface area contributed by atoms with Crippen molar-refractivity contribution < 1.29 is 19.3 Å². The first kappa shape index (κ1) is 18.6. The molecular weight excluding hydrogens is 328 g/mol. The highest BCUT2D eigenvalue weighted by atomic mass is 16.7. The third kappa shape index (κ3) is 6.36. The van der Waals surface area contributed by atoms with Gasteiger partial charge in [0.2, 0.25) is 0 Å². The van der Waals surface area contributed by atoms with Crippen molar-refractivity contribution in [1.29, 1.82) is 0 Å². The van der Waals surface area contributed by atoms with Crippen LogP contribution in [0.25, 0.3) is 0 Å². The number of nitrogens with two attached hydrogens (primary N) is 2. The molecule has 2 aromatic rings. The molecule has 10 heteroatoms. The molecule has 2 heterocycles. The molecule has 0 fully saturated rings. The molecule has 25 heavy (non-hydrogen) atoms. The van der Waals surface area contributed by atoms with Crippen LogP contribution in [0.5, 0.6) is 0 Å². The van der Waals surface area contributed by atoms with E-state index in [-0.39, 0.29) is 12.8 Å². The van der Waals surface area contributed by atoms with Gasteiger partial charge in [-0.25, -0.2) is 19.6 Å². The molecule has 136 valence electrons. The zero-order valence-electron chi connectivity index (χ0n) is 13.8. The molecule has 0 saturated carbocycles. The van der Waals surface area contributed by atoms with Crippen molar-refractivity contribution in [2.45, 2.75) is 32.1 Å². The second-order valence-electron chi connectivity index (χ2n) is 5.31. The molecule has 0 spiro atoms. The molecule has 2 aromatic heterocycles. The number of nitrogens with zero attached hydrogens (tertiary/aromatic N) is 4. The van der Waals surface area contributed by atoms with Crippen LogP contribution in [0.15, 0.2) is 25.0 Å². The maximum absolute atomic E-state index is 11.7. The number of carbonyl (C=O) groups excluding carboxylic acids is 2. The smallest absolute Gasteiger partial charge is 0.332 e. The van der Waals surface area contributed by atoms with Crippen molar-refractivity contribution in [3.63, 3.8) is 0 Å². The second-order valence-corrected chi connectivity index (χ2v) is 5.31. The summed E-state index contributed by atoms with van der Waals surface area (Å²) in [5.41, 5.74) is 12.3. The summed E-state index contributed by atoms with van der Waals surface area (Å²) in [4.78, 5) is 41.7. The third-order valence-corrected chi connectivity index (χ3v) is 3.20. The van der Waals surface area contributed by atoms with Gasteiger partial charge in [-0.3, -0.25) is 0 Å². The lowest BCUT2D eigenvalue weighted by atomic mass is 10.2. The van der Waals surface area contributed by atoms with Crippen molar-refractivity contribution in [3.8, 4) is 0 Å². The minimum absolute atomic E-state index is 0.0852. The predicted octanol–water partition coefficient (Wildman–Crippen LogP) is -1.14. The molecule has 10 nitrogen and oxygen atoms in total. The van der Waals surface area contributed by atoms with E-state index in [1.165, 1.54) is 22.1 Å². The Hall–Kier alpha value is -2.72. The molecule has 0 bridgehead atoms. The topological polar surface area (TPSA) is 140 Å². The molecule has 4 N–H and O–H groups in total. The Morgan fingerprint density at radius 2 is 1.32 bits per heavy atom. The molecule has 0 aromatic carbocycles. The maximum atomic E-state index is 11.7. The van der Waals surface area contributed by atoms with Gasteiger partial charge in [-0.2, -0.15) is 9.46 Å². The number of hydrogen-bond acceptors (Lipinski definition) is 8. The Morgan fingerprint density at radius 3 is 1.72 bits per heavy atom. The molecule has 0 atom stereocenters. The van der Waals surface area contributed by atoms with E-state index < -0.39 is 11.9 Å². The largest absolute Gasteiger partial charge is 0.336 e. The molecule has 0 aliphatic carbocycles. The average Bonchev–Trinajstić information content (AvgIpc) is 3.18. The van der Waals surface area contributed by atoms with Gasteiger partial charge >= 0.3 is 11.9 Å². The lowest BCUT2D eigenvalue weighted by Crippen LogP contribution is -2.20. The number of imidazole rings is 2. The summed E-state index contributed by atoms with van der Waals surface area (Å²) in [6.07, 6.45) is 7.68. The van der Waals surface area contributed by atoms with Gasteiger partial charge in [0.1, 0.15) is 12.7 Å². The quantitative estimate of drug-likeness (QED) is 0.548. The Bertz CT molecular complexity index is 638. The van der Waals surface area contributed by atoms with Gasteiger partial charge < -0.3 is 21.1 Å². The van der Waals surface area contributed by atoms with E-state index in [9.17, 15) is 9.59 Å². The highest BCUT2D eigenvalue weighted by Gasteiger charge is 2.10. The zero-order valence-corrected chi connectivity index (χ0v) is 13.8. The van der Waals surface area contributed by atoms with Crippen LogP contribution >= 0.6 is 0 Å². The van der Waals surface area contributed by atoms with Crippen LogP contribution in [0, 0.1) is 0 Å². The second kappa shape index (κ2) is 9.55. The summed E-state index contributed by atoms with van der Waals surface area (Å²) in [6.45, 7) is 0.940. The number of rotatable bonds is 10. The van der Waals surface area contributed by atoms with Crippen LogP contribution in [-0.4, -0.2) is 44.5 Å². The highest BCUT2D eigenvalue weighted by Crippen LogP contribution is 2.01. The monoisotopic (exact) mass is 350 g/mol. The van der Waals surface area contributed by atoms with Crippen molar-refractivity contribution in [3.05, 3.63) is 36.4 Å². The summed E-state index contributed by atoms with van der Waals surface area (Å²) in [7, 11) is 0. The third-order valence-electron chi connectivity index (χ3n) is 3.20. The maximum Gasteiger partial charge on any atom is 0.332 e. The van der Waals surface area contributed by atoms with Crippen molar-refractivity contribution >= 4 is 11.9 Å². The highest BCUT2D eigenvalue weighted by molar-refractivity contribution is 5.72. The normalized spacial score (nSPS) is 10.6. The fraction of sp³-hybridized carbons (Fsp3) is 0.467. The van der Waals surface area contributed by atoms with Crippen molar-refractivity contribution in [2.75, 3.05) is 13.1 Å². The van der Waals surface area contributed by atoms with Crippen molar-refractivity contribution in [2.24, 2.45) is 11.5 Å². The van der Waals surface area contributed by atoms with Crippen LogP contribution < -0.4 is 21.1 Å². The van der Waals surface area contributed by atoms with E-state index in [1.54, 1.807) is 12.4 Å². The molecule has 0 saturated heterocycles. The van der Waals surface area contributed by atoms with Gasteiger partial charge in [-0.1, -0.05) is 0 Å². The van der Waals surface area contributed by atoms with Gasteiger partial charge in [-0.05, 0) is 19.5 Å². The molecule has 0 aliphatic heterocycles. The fourth-order valence-electron chi connectivity index (χ4n) is 2.05. The summed E-state index contributed by atoms with van der Waals surface area (Å²) in [5.74, 6) is -0.922. The SMILES string of the molecule is NCCc1cn(OC(=O)CCCC(=O)On2cnc(CCN)c2)cn1. The lowest BCUT2D eigenvalue weighted by molar-refractivity contribution is -0.146. The summed E-state index contributed by atoms with van der Waals surface area (Å²) in [6, 6.07) is 0. The number of hydrogen-bond donors (Lipinski definition) is 2. The van der Waals surface area contributed by atoms with Gasteiger partial charge in [0.15, 0.2) is 0 Å². The standard InChI is InChI=1S/C15H22N6O4/c16-6-4-12-8-20(10-18-12)24-14(22)2-1-3-15(23)25-21-9-13(5-7-17)19-11-21/h8-11H,1-7,16-17H2. The predicted molar refractivity (Wildman–Crippen MR) is 87.0 cm³/mol. The summed E-state index contributed by atoms with van der Waals surface area (Å²) >= 11 is 0. The summed E-state index contributed by atoms with van der Waals surface area (Å²) in [5, 5.41) is 0. The Labute approximate surface area is 144 Å². The Kier molecular flexibility index (Phi) is 7.11. The lowest BCUT2D eigenvalue weighted by Gasteiger charge is -2.04. The molecule has 0 amide bonds. The van der Waals surface area contributed by atoms with Crippen LogP contribution in [-0.2, 0) is 22.4 Å². The average molecular weight is 350 g/mol. The van der Waals surface area contributed by atoms with E-state index in [4.69, 9.17) is 21.1 Å². The van der Waals surface area contributed by atoms with Gasteiger partial charge in [0.05, 0.1) is 23.8 Å². The minimum atomic E-state index is -0.461. The number of carbonyl (C=O) groups is 2. The first-order valence-corrected chi connectivity index (χ1v) is 7.99. The summed E-state index contributed by atoms with van der Waals surface area (Å²) < 4.78 is 2.46. The Balaban J connectivity index is 1.66. The Morgan fingerprint density at radius 1 is 0.880 bits per heavy atom. The van der Waals surface area contributed by atoms with E-state index in [2.05, 4.69) is 9.97 Å². The van der Waals surface area contributed by atoms with E-state index in [0.29, 0.717) is 32.4 Å². The van der Waals surface area contributed by atoms with Crippen LogP contribution in [0.2, 0.25) is 0 Å². The van der Waals surface area contributed by atoms with E-state index in [0.717, 1.165) is 11.4 Å². The molecule has 0 aliphatic rings. The molecule has 2 rings (SSSR count). The first-order valence-electron chi connectivity index (χ1n) is 7.99. The molecule has 0 unspecified atom stereocenters. The van der Waals surface area contributed by atoms with Crippen molar-refractivity contribution in [1.82, 2.24) is 19.4 Å². The van der Waals surface area contributed by atoms with Crippen LogP contribution in [0.3, 0.4) is 0 Å². The fourth-order valence-corrected chi connectivity index (χ4v) is 2.05. The van der Waals surface area contributed by atoms with Gasteiger partial charge in [0, 0.05) is 25.7 Å². The zero-order chi connectivity index (χ0) is 18.1. The van der Waals surface area contributed by atoms with Gasteiger partial charge in [-0.15, -0.1) is 0 Å². The first-order chi connectivity index (χ1) is 12.1. The number of aromatic nitrogens is 4. The van der Waals surface area contributed by atoms with E-state index >= 15 is 0 Å². The van der Waals surface area contributed by atoms with Crippen LogP contribution in [0.1, 0.15) is 30.7 Å². The minimum Gasteiger partial charge on any atom is -0.336 e. The van der Waals surface area contributed by atoms with Gasteiger partial charge in [0.25, 0.3) is 0 Å².